The number of carbonyl (C=O) groups is 1. The van der Waals surface area contributed by atoms with E-state index in [-0.39, 0.29) is 30.3 Å². The van der Waals surface area contributed by atoms with Crippen molar-refractivity contribution in [1.82, 2.24) is 0 Å². The Bertz CT molecular complexity index is 468. The molecule has 6 nitrogen and oxygen atoms in total. The summed E-state index contributed by atoms with van der Waals surface area (Å²) in [5.41, 5.74) is 0.788. The van der Waals surface area contributed by atoms with Gasteiger partial charge in [-0.3, -0.25) is 0 Å². The van der Waals surface area contributed by atoms with Gasteiger partial charge in [0.05, 0.1) is 6.61 Å². The first-order chi connectivity index (χ1) is 8.90. The number of benzene rings is 1. The van der Waals surface area contributed by atoms with Gasteiger partial charge in [-0.25, -0.2) is 4.79 Å². The van der Waals surface area contributed by atoms with Crippen molar-refractivity contribution in [3.05, 3.63) is 35.9 Å². The summed E-state index contributed by atoms with van der Waals surface area (Å²) in [6.45, 7) is 4.58. The number of phenolic OH excluding ortho intramolecular Hbond substituents is 2. The molecule has 3 N–H and O–H groups in total. The fourth-order valence-electron chi connectivity index (χ4n) is 1.17. The lowest BCUT2D eigenvalue weighted by atomic mass is 10.2. The van der Waals surface area contributed by atoms with Crippen molar-refractivity contribution >= 4 is 5.97 Å². The summed E-state index contributed by atoms with van der Waals surface area (Å²) in [5, 5.41) is 27.8. The summed E-state index contributed by atoms with van der Waals surface area (Å²) in [7, 11) is 0. The van der Waals surface area contributed by atoms with Crippen LogP contribution in [0.25, 0.3) is 0 Å². The quantitative estimate of drug-likeness (QED) is 0.309. The predicted molar refractivity (Wildman–Crippen MR) is 66.3 cm³/mol. The number of aromatic hydroxyl groups is 2. The van der Waals surface area contributed by atoms with Gasteiger partial charge in [-0.15, -0.1) is 0 Å². The Morgan fingerprint density at radius 2 is 2.05 bits per heavy atom. The lowest BCUT2D eigenvalue weighted by molar-refractivity contribution is -0.165. The molecule has 104 valence electrons. The third-order valence-electron chi connectivity index (χ3n) is 2.19. The molecule has 0 fully saturated rings. The van der Waals surface area contributed by atoms with Crippen LogP contribution < -0.4 is 0 Å². The molecule has 1 unspecified atom stereocenters. The van der Waals surface area contributed by atoms with E-state index in [0.29, 0.717) is 5.56 Å². The van der Waals surface area contributed by atoms with Gasteiger partial charge in [0.15, 0.2) is 17.8 Å². The highest BCUT2D eigenvalue weighted by molar-refractivity contribution is 5.86. The minimum absolute atomic E-state index is 0.000368. The van der Waals surface area contributed by atoms with Crippen LogP contribution in [-0.4, -0.2) is 34.2 Å². The first kappa shape index (κ1) is 15.0. The third-order valence-corrected chi connectivity index (χ3v) is 2.19. The minimum Gasteiger partial charge on any atom is -0.504 e. The van der Waals surface area contributed by atoms with Crippen LogP contribution >= 0.6 is 0 Å². The number of esters is 1. The van der Waals surface area contributed by atoms with E-state index in [9.17, 15) is 15.0 Å². The molecule has 0 aliphatic carbocycles. The Labute approximate surface area is 110 Å². The fraction of sp³-hybridized carbons (Fsp3) is 0.308. The smallest absolute Gasteiger partial charge is 0.333 e. The van der Waals surface area contributed by atoms with E-state index in [1.54, 1.807) is 0 Å². The zero-order valence-corrected chi connectivity index (χ0v) is 10.5. The Kier molecular flexibility index (Phi) is 5.35. The van der Waals surface area contributed by atoms with E-state index in [0.717, 1.165) is 0 Å². The van der Waals surface area contributed by atoms with Crippen molar-refractivity contribution in [2.24, 2.45) is 0 Å². The predicted octanol–water partition coefficient (Wildman–Crippen LogP) is 1.05. The molecular formula is C13H16O6. The van der Waals surface area contributed by atoms with Crippen LogP contribution in [0.3, 0.4) is 0 Å². The van der Waals surface area contributed by atoms with E-state index in [2.05, 4.69) is 6.58 Å². The number of aliphatic hydroxyl groups is 1. The first-order valence-corrected chi connectivity index (χ1v) is 5.53. The lowest BCUT2D eigenvalue weighted by Gasteiger charge is -2.12. The van der Waals surface area contributed by atoms with E-state index >= 15 is 0 Å². The fourth-order valence-corrected chi connectivity index (χ4v) is 1.17. The molecule has 1 aromatic rings. The molecule has 1 atom stereocenters. The maximum Gasteiger partial charge on any atom is 0.333 e. The second kappa shape index (κ2) is 6.77. The zero-order chi connectivity index (χ0) is 14.4. The molecule has 0 saturated heterocycles. The SMILES string of the molecule is C=C(C)C(=O)OCC(O)OCc1ccc(O)c(O)c1. The molecule has 1 aromatic carbocycles. The average Bonchev–Trinajstić information content (AvgIpc) is 2.37. The first-order valence-electron chi connectivity index (χ1n) is 5.53. The highest BCUT2D eigenvalue weighted by atomic mass is 16.6. The summed E-state index contributed by atoms with van der Waals surface area (Å²) in [6, 6.07) is 4.14. The van der Waals surface area contributed by atoms with Crippen LogP contribution in [0.4, 0.5) is 0 Å². The van der Waals surface area contributed by atoms with Gasteiger partial charge >= 0.3 is 5.97 Å². The molecule has 0 heterocycles. The normalized spacial score (nSPS) is 11.9. The van der Waals surface area contributed by atoms with E-state index in [1.807, 2.05) is 0 Å². The highest BCUT2D eigenvalue weighted by Crippen LogP contribution is 2.25. The number of hydrogen-bond donors (Lipinski definition) is 3. The molecule has 19 heavy (non-hydrogen) atoms. The number of rotatable bonds is 6. The Balaban J connectivity index is 2.37. The Morgan fingerprint density at radius 1 is 1.37 bits per heavy atom. The van der Waals surface area contributed by atoms with Crippen LogP contribution in [-0.2, 0) is 20.9 Å². The molecule has 0 radical (unpaired) electrons. The van der Waals surface area contributed by atoms with Gasteiger partial charge < -0.3 is 24.8 Å². The van der Waals surface area contributed by atoms with Gasteiger partial charge in [0.2, 0.25) is 0 Å². The van der Waals surface area contributed by atoms with Gasteiger partial charge in [0.1, 0.15) is 6.61 Å². The number of phenols is 2. The van der Waals surface area contributed by atoms with Gasteiger partial charge in [0, 0.05) is 5.57 Å². The molecule has 0 amide bonds. The van der Waals surface area contributed by atoms with Gasteiger partial charge in [-0.05, 0) is 24.6 Å². The molecule has 6 heteroatoms. The maximum absolute atomic E-state index is 11.1. The second-order valence-corrected chi connectivity index (χ2v) is 3.97. The van der Waals surface area contributed by atoms with Crippen LogP contribution in [0, 0.1) is 0 Å². The third kappa shape index (κ3) is 4.99. The molecule has 0 bridgehead atoms. The summed E-state index contributed by atoms with van der Waals surface area (Å²) in [4.78, 5) is 11.1. The second-order valence-electron chi connectivity index (χ2n) is 3.97. The summed E-state index contributed by atoms with van der Waals surface area (Å²) in [6.07, 6.45) is -1.28. The van der Waals surface area contributed by atoms with Crippen molar-refractivity contribution in [2.75, 3.05) is 6.61 Å². The molecular weight excluding hydrogens is 252 g/mol. The van der Waals surface area contributed by atoms with Crippen LogP contribution in [0.1, 0.15) is 12.5 Å². The maximum atomic E-state index is 11.1. The van der Waals surface area contributed by atoms with Crippen molar-refractivity contribution in [3.63, 3.8) is 0 Å². The topological polar surface area (TPSA) is 96.2 Å². The number of hydrogen-bond acceptors (Lipinski definition) is 6. The van der Waals surface area contributed by atoms with Gasteiger partial charge in [-0.1, -0.05) is 12.6 Å². The summed E-state index contributed by atoms with van der Waals surface area (Å²) in [5.74, 6) is -1.12. The van der Waals surface area contributed by atoms with Crippen LogP contribution in [0.15, 0.2) is 30.4 Å². The molecule has 0 saturated carbocycles. The van der Waals surface area contributed by atoms with Crippen molar-refractivity contribution in [3.8, 4) is 11.5 Å². The van der Waals surface area contributed by atoms with Crippen molar-refractivity contribution in [2.45, 2.75) is 19.8 Å². The number of carbonyl (C=O) groups excluding carboxylic acids is 1. The summed E-state index contributed by atoms with van der Waals surface area (Å²) >= 11 is 0. The van der Waals surface area contributed by atoms with E-state index in [4.69, 9.17) is 14.6 Å². The van der Waals surface area contributed by atoms with E-state index in [1.165, 1.54) is 25.1 Å². The number of ether oxygens (including phenoxy) is 2. The molecule has 0 aliphatic heterocycles. The molecule has 0 spiro atoms. The summed E-state index contributed by atoms with van der Waals surface area (Å²) < 4.78 is 9.70. The molecule has 1 rings (SSSR count). The Hall–Kier alpha value is -2.05. The van der Waals surface area contributed by atoms with Gasteiger partial charge in [-0.2, -0.15) is 0 Å². The van der Waals surface area contributed by atoms with Gasteiger partial charge in [0.25, 0.3) is 0 Å². The monoisotopic (exact) mass is 268 g/mol. The number of aliphatic hydroxyl groups excluding tert-OH is 1. The standard InChI is InChI=1S/C13H16O6/c1-8(2)13(17)19-7-12(16)18-6-9-3-4-10(14)11(15)5-9/h3-5,12,14-16H,1,6-7H2,2H3. The molecule has 0 aliphatic rings. The van der Waals surface area contributed by atoms with Crippen LogP contribution in [0.2, 0.25) is 0 Å². The van der Waals surface area contributed by atoms with Crippen molar-refractivity contribution in [1.29, 1.82) is 0 Å². The van der Waals surface area contributed by atoms with E-state index < -0.39 is 12.3 Å². The van der Waals surface area contributed by atoms with Crippen LogP contribution in [0.5, 0.6) is 11.5 Å². The zero-order valence-electron chi connectivity index (χ0n) is 10.5. The largest absolute Gasteiger partial charge is 0.504 e. The lowest BCUT2D eigenvalue weighted by Crippen LogP contribution is -2.21. The van der Waals surface area contributed by atoms with Crippen molar-refractivity contribution < 1.29 is 29.6 Å². The highest BCUT2D eigenvalue weighted by Gasteiger charge is 2.10. The average molecular weight is 268 g/mol. The minimum atomic E-state index is -1.28. The Morgan fingerprint density at radius 3 is 2.63 bits per heavy atom. The molecule has 0 aromatic heterocycles.